The Labute approximate surface area is 202 Å². The first kappa shape index (κ1) is 24.7. The molecule has 1 amide bonds. The molecule has 3 aromatic rings. The summed E-state index contributed by atoms with van der Waals surface area (Å²) < 4.78 is 44.8. The zero-order chi connectivity index (χ0) is 24.7. The molecule has 2 heterocycles. The standard InChI is InChI=1S/C27H28F3N3O2/c28-27(29,30)22-11-9-20(10-12-22)25(24-8-4-5-15-31-24)32-26(34)21-13-16-33(17-14-21)18-19-35-23-6-2-1-3-7-23/h1-12,15,21,25H,13-14,16-19H2,(H,32,34). The molecule has 1 aromatic heterocycles. The van der Waals surface area contributed by atoms with E-state index < -0.39 is 17.8 Å². The Morgan fingerprint density at radius 3 is 2.31 bits per heavy atom. The first-order chi connectivity index (χ1) is 16.9. The number of nitrogens with zero attached hydrogens (tertiary/aromatic N) is 2. The lowest BCUT2D eigenvalue weighted by molar-refractivity contribution is -0.137. The van der Waals surface area contributed by atoms with Crippen LogP contribution in [0.4, 0.5) is 13.2 Å². The summed E-state index contributed by atoms with van der Waals surface area (Å²) in [4.78, 5) is 19.7. The van der Waals surface area contributed by atoms with Crippen LogP contribution < -0.4 is 10.1 Å². The quantitative estimate of drug-likeness (QED) is 0.485. The van der Waals surface area contributed by atoms with Crippen molar-refractivity contribution >= 4 is 5.91 Å². The number of nitrogens with one attached hydrogen (secondary N) is 1. The van der Waals surface area contributed by atoms with Crippen LogP contribution in [0, 0.1) is 5.92 Å². The Hall–Kier alpha value is -3.39. The van der Waals surface area contributed by atoms with Gasteiger partial charge in [0, 0.05) is 18.7 Å². The summed E-state index contributed by atoms with van der Waals surface area (Å²) in [5.74, 6) is 0.563. The molecule has 1 aliphatic heterocycles. The van der Waals surface area contributed by atoms with E-state index in [9.17, 15) is 18.0 Å². The number of piperidine rings is 1. The number of amides is 1. The van der Waals surface area contributed by atoms with Crippen LogP contribution >= 0.6 is 0 Å². The summed E-state index contributed by atoms with van der Waals surface area (Å²) in [7, 11) is 0. The molecule has 0 bridgehead atoms. The molecule has 1 fully saturated rings. The van der Waals surface area contributed by atoms with Crippen molar-refractivity contribution in [3.63, 3.8) is 0 Å². The topological polar surface area (TPSA) is 54.5 Å². The maximum Gasteiger partial charge on any atom is 0.416 e. The van der Waals surface area contributed by atoms with Gasteiger partial charge in [-0.1, -0.05) is 36.4 Å². The van der Waals surface area contributed by atoms with Crippen molar-refractivity contribution in [1.29, 1.82) is 0 Å². The van der Waals surface area contributed by atoms with Crippen molar-refractivity contribution in [1.82, 2.24) is 15.2 Å². The molecule has 1 aliphatic rings. The maximum atomic E-state index is 13.1. The highest BCUT2D eigenvalue weighted by atomic mass is 19.4. The van der Waals surface area contributed by atoms with E-state index in [1.54, 1.807) is 24.4 Å². The molecule has 1 atom stereocenters. The number of rotatable bonds is 8. The van der Waals surface area contributed by atoms with Gasteiger partial charge in [-0.2, -0.15) is 13.2 Å². The van der Waals surface area contributed by atoms with Crippen LogP contribution in [0.5, 0.6) is 5.75 Å². The molecule has 0 aliphatic carbocycles. The highest BCUT2D eigenvalue weighted by molar-refractivity contribution is 5.79. The third-order valence-electron chi connectivity index (χ3n) is 6.22. The maximum absolute atomic E-state index is 13.1. The summed E-state index contributed by atoms with van der Waals surface area (Å²) >= 11 is 0. The summed E-state index contributed by atoms with van der Waals surface area (Å²) in [6.45, 7) is 2.93. The molecule has 0 spiro atoms. The molecule has 184 valence electrons. The highest BCUT2D eigenvalue weighted by Crippen LogP contribution is 2.31. The Balaban J connectivity index is 1.34. The lowest BCUT2D eigenvalue weighted by Gasteiger charge is -2.32. The highest BCUT2D eigenvalue weighted by Gasteiger charge is 2.31. The molecule has 2 aromatic carbocycles. The van der Waals surface area contributed by atoms with Gasteiger partial charge in [0.05, 0.1) is 17.3 Å². The molecular weight excluding hydrogens is 455 g/mol. The normalized spacial score (nSPS) is 16.0. The number of benzene rings is 2. The zero-order valence-corrected chi connectivity index (χ0v) is 19.2. The Bertz CT molecular complexity index is 1070. The molecular formula is C27H28F3N3O2. The molecule has 4 rings (SSSR count). The van der Waals surface area contributed by atoms with Crippen molar-refractivity contribution in [3.8, 4) is 5.75 Å². The number of aromatic nitrogens is 1. The number of carbonyl (C=O) groups excluding carboxylic acids is 1. The Morgan fingerprint density at radius 1 is 1.00 bits per heavy atom. The molecule has 5 nitrogen and oxygen atoms in total. The SMILES string of the molecule is O=C(NC(c1ccc(C(F)(F)F)cc1)c1ccccn1)C1CCN(CCOc2ccccc2)CC1. The van der Waals surface area contributed by atoms with Gasteiger partial charge in [0.2, 0.25) is 5.91 Å². The number of halogens is 3. The van der Waals surface area contributed by atoms with Crippen LogP contribution in [0.25, 0.3) is 0 Å². The van der Waals surface area contributed by atoms with Crippen molar-refractivity contribution in [3.05, 3.63) is 95.8 Å². The molecule has 0 radical (unpaired) electrons. The third kappa shape index (κ3) is 6.82. The average molecular weight is 484 g/mol. The second-order valence-electron chi connectivity index (χ2n) is 8.59. The van der Waals surface area contributed by atoms with E-state index in [1.165, 1.54) is 12.1 Å². The molecule has 8 heteroatoms. The van der Waals surface area contributed by atoms with Crippen LogP contribution in [0.2, 0.25) is 0 Å². The molecule has 35 heavy (non-hydrogen) atoms. The van der Waals surface area contributed by atoms with Crippen LogP contribution in [0.15, 0.2) is 79.0 Å². The van der Waals surface area contributed by atoms with E-state index in [0.717, 1.165) is 37.5 Å². The number of carbonyl (C=O) groups is 1. The zero-order valence-electron chi connectivity index (χ0n) is 19.2. The minimum Gasteiger partial charge on any atom is -0.492 e. The lowest BCUT2D eigenvalue weighted by atomic mass is 9.94. The summed E-state index contributed by atoms with van der Waals surface area (Å²) in [6, 6.07) is 19.2. The van der Waals surface area contributed by atoms with E-state index in [0.29, 0.717) is 30.7 Å². The Kier molecular flexibility index (Phi) is 8.02. The minimum absolute atomic E-state index is 0.110. The van der Waals surface area contributed by atoms with Gasteiger partial charge in [-0.25, -0.2) is 0 Å². The summed E-state index contributed by atoms with van der Waals surface area (Å²) in [5.41, 5.74) is 0.410. The number of alkyl halides is 3. The third-order valence-corrected chi connectivity index (χ3v) is 6.22. The van der Waals surface area contributed by atoms with Crippen LogP contribution in [0.3, 0.4) is 0 Å². The molecule has 0 saturated carbocycles. The van der Waals surface area contributed by atoms with E-state index in [1.807, 2.05) is 30.3 Å². The van der Waals surface area contributed by atoms with Gasteiger partial charge < -0.3 is 10.1 Å². The van der Waals surface area contributed by atoms with Crippen molar-refractivity contribution in [2.45, 2.75) is 25.1 Å². The number of pyridine rings is 1. The van der Waals surface area contributed by atoms with Gasteiger partial charge in [-0.15, -0.1) is 0 Å². The minimum atomic E-state index is -4.41. The summed E-state index contributed by atoms with van der Waals surface area (Å²) in [5, 5.41) is 3.03. The number of ether oxygens (including phenoxy) is 1. The largest absolute Gasteiger partial charge is 0.492 e. The fourth-order valence-electron chi connectivity index (χ4n) is 4.23. The van der Waals surface area contributed by atoms with Gasteiger partial charge in [-0.05, 0) is 67.9 Å². The van der Waals surface area contributed by atoms with Gasteiger partial charge in [0.25, 0.3) is 0 Å². The predicted molar refractivity (Wildman–Crippen MR) is 127 cm³/mol. The first-order valence-corrected chi connectivity index (χ1v) is 11.7. The number of hydrogen-bond acceptors (Lipinski definition) is 4. The summed E-state index contributed by atoms with van der Waals surface area (Å²) in [6.07, 6.45) is -1.39. The van der Waals surface area contributed by atoms with Crippen molar-refractivity contribution in [2.24, 2.45) is 5.92 Å². The van der Waals surface area contributed by atoms with Crippen LogP contribution in [-0.2, 0) is 11.0 Å². The number of para-hydroxylation sites is 1. The molecule has 1 unspecified atom stereocenters. The van der Waals surface area contributed by atoms with Gasteiger partial charge in [0.1, 0.15) is 12.4 Å². The van der Waals surface area contributed by atoms with Gasteiger partial charge in [0.15, 0.2) is 0 Å². The van der Waals surface area contributed by atoms with Crippen molar-refractivity contribution in [2.75, 3.05) is 26.2 Å². The number of likely N-dealkylation sites (tertiary alicyclic amines) is 1. The van der Waals surface area contributed by atoms with E-state index in [-0.39, 0.29) is 11.8 Å². The number of hydrogen-bond donors (Lipinski definition) is 1. The Morgan fingerprint density at radius 2 is 1.69 bits per heavy atom. The van der Waals surface area contributed by atoms with Gasteiger partial charge >= 0.3 is 6.18 Å². The van der Waals surface area contributed by atoms with Crippen LogP contribution in [0.1, 0.15) is 35.7 Å². The van der Waals surface area contributed by atoms with Crippen LogP contribution in [-0.4, -0.2) is 42.0 Å². The van der Waals surface area contributed by atoms with Crippen molar-refractivity contribution < 1.29 is 22.7 Å². The van der Waals surface area contributed by atoms with Gasteiger partial charge in [-0.3, -0.25) is 14.7 Å². The molecule has 1 N–H and O–H groups in total. The lowest BCUT2D eigenvalue weighted by Crippen LogP contribution is -2.43. The monoisotopic (exact) mass is 483 g/mol. The second-order valence-corrected chi connectivity index (χ2v) is 8.59. The first-order valence-electron chi connectivity index (χ1n) is 11.7. The average Bonchev–Trinajstić information content (AvgIpc) is 2.88. The predicted octanol–water partition coefficient (Wildman–Crippen LogP) is 5.10. The fourth-order valence-corrected chi connectivity index (χ4v) is 4.23. The van der Waals surface area contributed by atoms with E-state index in [2.05, 4.69) is 15.2 Å². The second kappa shape index (κ2) is 11.4. The fraction of sp³-hybridized carbons (Fsp3) is 0.333. The molecule has 1 saturated heterocycles. The smallest absolute Gasteiger partial charge is 0.416 e. The van der Waals surface area contributed by atoms with E-state index >= 15 is 0 Å². The van der Waals surface area contributed by atoms with E-state index in [4.69, 9.17) is 4.74 Å².